The van der Waals surface area contributed by atoms with E-state index in [9.17, 15) is 9.18 Å². The van der Waals surface area contributed by atoms with Crippen LogP contribution in [0.4, 0.5) is 27.5 Å². The highest BCUT2D eigenvalue weighted by molar-refractivity contribution is 6.00. The van der Waals surface area contributed by atoms with Crippen LogP contribution < -0.4 is 38.1 Å². The van der Waals surface area contributed by atoms with Crippen LogP contribution in [-0.4, -0.2) is 32.9 Å². The summed E-state index contributed by atoms with van der Waals surface area (Å²) in [4.78, 5) is 24.1. The Hall–Kier alpha value is -3.90. The second-order valence-corrected chi connectivity index (χ2v) is 8.11. The van der Waals surface area contributed by atoms with E-state index < -0.39 is 11.7 Å². The van der Waals surface area contributed by atoms with Crippen LogP contribution in [0, 0.1) is 5.82 Å². The molecule has 0 radical (unpaired) electrons. The number of nitrogens with one attached hydrogen (secondary N) is 5. The molecule has 9 N–H and O–H groups in total. The number of fused-ring (bicyclic) bond motifs is 1. The fraction of sp³-hybridized carbons (Fsp3) is 0.286. The van der Waals surface area contributed by atoms with E-state index in [2.05, 4.69) is 36.5 Å². The van der Waals surface area contributed by atoms with Crippen molar-refractivity contribution in [3.63, 3.8) is 0 Å². The first-order valence-electron chi connectivity index (χ1n) is 10.7. The maximum Gasteiger partial charge on any atom is 0.252 e. The van der Waals surface area contributed by atoms with Gasteiger partial charge in [-0.1, -0.05) is 12.8 Å². The number of carbonyl (C=O) groups excluding carboxylic acids is 1. The molecule has 12 heteroatoms. The fourth-order valence-corrected chi connectivity index (χ4v) is 4.16. The van der Waals surface area contributed by atoms with Crippen molar-refractivity contribution in [2.24, 2.45) is 11.5 Å². The summed E-state index contributed by atoms with van der Waals surface area (Å²) in [5.74, 6) is -0.719. The summed E-state index contributed by atoms with van der Waals surface area (Å²) in [5, 5.41) is 8.72. The van der Waals surface area contributed by atoms with E-state index in [-0.39, 0.29) is 29.3 Å². The second-order valence-electron chi connectivity index (χ2n) is 8.11. The molecule has 0 unspecified atom stereocenters. The zero-order chi connectivity index (χ0) is 22.9. The third kappa shape index (κ3) is 4.13. The molecule has 172 valence electrons. The Bertz CT molecular complexity index is 1230. The molecule has 4 heterocycles. The summed E-state index contributed by atoms with van der Waals surface area (Å²) in [7, 11) is 0. The number of rotatable bonds is 6. The van der Waals surface area contributed by atoms with Gasteiger partial charge in [0.2, 0.25) is 0 Å². The van der Waals surface area contributed by atoms with Crippen molar-refractivity contribution in [2.45, 2.75) is 37.8 Å². The number of hydrogen-bond acceptors (Lipinski definition) is 9. The molecule has 0 bridgehead atoms. The van der Waals surface area contributed by atoms with E-state index in [4.69, 9.17) is 11.5 Å². The summed E-state index contributed by atoms with van der Waals surface area (Å²) >= 11 is 0. The zero-order valence-electron chi connectivity index (χ0n) is 17.7. The lowest BCUT2D eigenvalue weighted by Crippen LogP contribution is -2.43. The maximum atomic E-state index is 14.8. The Balaban J connectivity index is 1.53. The third-order valence-corrected chi connectivity index (χ3v) is 5.89. The van der Waals surface area contributed by atoms with Gasteiger partial charge in [-0.05, 0) is 25.0 Å². The Morgan fingerprint density at radius 3 is 2.82 bits per heavy atom. The van der Waals surface area contributed by atoms with Crippen molar-refractivity contribution in [1.82, 2.24) is 25.9 Å². The highest BCUT2D eigenvalue weighted by Gasteiger charge is 2.25. The monoisotopic (exact) mass is 452 g/mol. The average Bonchev–Trinajstić information content (AvgIpc) is 3.49. The highest BCUT2D eigenvalue weighted by atomic mass is 19.1. The molecule has 0 saturated heterocycles. The van der Waals surface area contributed by atoms with Gasteiger partial charge in [-0.25, -0.2) is 19.4 Å². The lowest BCUT2D eigenvalue weighted by Gasteiger charge is -2.30. The SMILES string of the molecule is NC(=O)c1cc(F)c(N[C@@H]2CCCC[C@@H]2N)nc1Nc1cc(N2C=CNN2)nc2[nH]ccc12. The van der Waals surface area contributed by atoms with E-state index in [1.807, 2.05) is 6.07 Å². The number of aromatic nitrogens is 3. The van der Waals surface area contributed by atoms with Gasteiger partial charge in [0.05, 0.1) is 11.3 Å². The number of anilines is 4. The van der Waals surface area contributed by atoms with Crippen LogP contribution in [0.15, 0.2) is 36.8 Å². The first-order valence-corrected chi connectivity index (χ1v) is 10.7. The van der Waals surface area contributed by atoms with Crippen LogP contribution in [0.1, 0.15) is 36.0 Å². The Kier molecular flexibility index (Phi) is 5.44. The Morgan fingerprint density at radius 1 is 1.21 bits per heavy atom. The highest BCUT2D eigenvalue weighted by Crippen LogP contribution is 2.31. The van der Waals surface area contributed by atoms with Gasteiger partial charge in [0, 0.05) is 42.1 Å². The molecule has 1 amide bonds. The van der Waals surface area contributed by atoms with Gasteiger partial charge < -0.3 is 32.5 Å². The van der Waals surface area contributed by atoms with Crippen LogP contribution in [-0.2, 0) is 0 Å². The third-order valence-electron chi connectivity index (χ3n) is 5.89. The number of nitrogens with two attached hydrogens (primary N) is 2. The van der Waals surface area contributed by atoms with E-state index >= 15 is 0 Å². The topological polar surface area (TPSA) is 162 Å². The van der Waals surface area contributed by atoms with Crippen molar-refractivity contribution >= 4 is 40.1 Å². The minimum Gasteiger partial charge on any atom is -0.365 e. The van der Waals surface area contributed by atoms with E-state index in [0.29, 0.717) is 17.2 Å². The molecule has 11 nitrogen and oxygen atoms in total. The summed E-state index contributed by atoms with van der Waals surface area (Å²) in [6.07, 6.45) is 8.98. The molecule has 2 atom stereocenters. The molecule has 0 aromatic carbocycles. The number of H-pyrrole nitrogens is 1. The zero-order valence-corrected chi connectivity index (χ0v) is 17.7. The number of hydrazine groups is 2. The minimum atomic E-state index is -0.794. The van der Waals surface area contributed by atoms with Crippen molar-refractivity contribution < 1.29 is 9.18 Å². The molecule has 1 saturated carbocycles. The molecule has 3 aromatic heterocycles. The van der Waals surface area contributed by atoms with Crippen LogP contribution in [0.3, 0.4) is 0 Å². The summed E-state index contributed by atoms with van der Waals surface area (Å²) in [6, 6.07) is 4.52. The summed E-state index contributed by atoms with van der Waals surface area (Å²) in [5.41, 5.74) is 18.7. The molecular formula is C21H25FN10O. The van der Waals surface area contributed by atoms with Crippen LogP contribution >= 0.6 is 0 Å². The number of halogens is 1. The van der Waals surface area contributed by atoms with Gasteiger partial charge >= 0.3 is 0 Å². The standard InChI is InChI=1S/C21H25FN10O/c22-13-9-12(18(24)33)20(30-21(13)27-15-4-2-1-3-14(15)23)28-16-10-17(32-8-7-26-31-32)29-19-11(16)5-6-25-19/h5-10,14-15,26,31H,1-4,23H2,(H2,24,33)(H3,25,27,28,29,30)/t14-,15+/m0/s1. The van der Waals surface area contributed by atoms with Crippen LogP contribution in [0.2, 0.25) is 0 Å². The predicted octanol–water partition coefficient (Wildman–Crippen LogP) is 1.92. The number of aromatic amines is 1. The van der Waals surface area contributed by atoms with Crippen molar-refractivity contribution in [2.75, 3.05) is 15.6 Å². The number of pyridine rings is 2. The van der Waals surface area contributed by atoms with E-state index in [0.717, 1.165) is 37.1 Å². The molecule has 5 rings (SSSR count). The smallest absolute Gasteiger partial charge is 0.252 e. The predicted molar refractivity (Wildman–Crippen MR) is 124 cm³/mol. The average molecular weight is 452 g/mol. The van der Waals surface area contributed by atoms with Gasteiger partial charge in [0.1, 0.15) is 11.5 Å². The second kappa shape index (κ2) is 8.56. The number of nitrogens with zero attached hydrogens (tertiary/aromatic N) is 3. The maximum absolute atomic E-state index is 14.8. The van der Waals surface area contributed by atoms with E-state index in [1.165, 1.54) is 0 Å². The lowest BCUT2D eigenvalue weighted by molar-refractivity contribution is 0.100. The van der Waals surface area contributed by atoms with Crippen LogP contribution in [0.25, 0.3) is 11.0 Å². The Morgan fingerprint density at radius 2 is 2.06 bits per heavy atom. The van der Waals surface area contributed by atoms with Crippen molar-refractivity contribution in [3.05, 3.63) is 48.2 Å². The van der Waals surface area contributed by atoms with E-state index in [1.54, 1.807) is 29.7 Å². The van der Waals surface area contributed by atoms with Gasteiger partial charge in [0.15, 0.2) is 17.5 Å². The molecule has 1 aliphatic heterocycles. The largest absolute Gasteiger partial charge is 0.365 e. The first-order chi connectivity index (χ1) is 16.0. The molecule has 0 spiro atoms. The molecule has 1 aliphatic carbocycles. The number of carbonyl (C=O) groups is 1. The molecule has 33 heavy (non-hydrogen) atoms. The summed E-state index contributed by atoms with van der Waals surface area (Å²) in [6.45, 7) is 0. The van der Waals surface area contributed by atoms with Crippen molar-refractivity contribution in [3.8, 4) is 0 Å². The van der Waals surface area contributed by atoms with Gasteiger partial charge in [-0.3, -0.25) is 4.79 Å². The molecule has 2 aliphatic rings. The fourth-order valence-electron chi connectivity index (χ4n) is 4.16. The molecular weight excluding hydrogens is 427 g/mol. The molecule has 1 fully saturated rings. The van der Waals surface area contributed by atoms with Gasteiger partial charge in [0.25, 0.3) is 5.91 Å². The van der Waals surface area contributed by atoms with Gasteiger partial charge in [-0.2, -0.15) is 0 Å². The molecule has 3 aromatic rings. The summed E-state index contributed by atoms with van der Waals surface area (Å²) < 4.78 is 14.8. The van der Waals surface area contributed by atoms with Crippen molar-refractivity contribution in [1.29, 1.82) is 0 Å². The number of hydrogen-bond donors (Lipinski definition) is 7. The van der Waals surface area contributed by atoms with Crippen LogP contribution in [0.5, 0.6) is 0 Å². The van der Waals surface area contributed by atoms with Gasteiger partial charge in [-0.15, -0.1) is 5.53 Å². The first kappa shape index (κ1) is 21.0. The lowest BCUT2D eigenvalue weighted by atomic mass is 9.91. The normalized spacial score (nSPS) is 20.1. The Labute approximate surface area is 188 Å². The quantitative estimate of drug-likeness (QED) is 0.296. The number of amides is 1. The minimum absolute atomic E-state index is 0.0257. The number of primary amides is 1.